The first kappa shape index (κ1) is 10.9. The third-order valence-corrected chi connectivity index (χ3v) is 2.97. The van der Waals surface area contributed by atoms with E-state index in [9.17, 15) is 4.79 Å². The lowest BCUT2D eigenvalue weighted by atomic mass is 9.94. The van der Waals surface area contributed by atoms with Gasteiger partial charge in [0.2, 0.25) is 0 Å². The summed E-state index contributed by atoms with van der Waals surface area (Å²) in [7, 11) is 0. The number of rotatable bonds is 4. The van der Waals surface area contributed by atoms with Crippen LogP contribution in [-0.4, -0.2) is 12.3 Å². The molecule has 2 rings (SSSR count). The highest BCUT2D eigenvalue weighted by atomic mass is 16.1. The van der Waals surface area contributed by atoms with E-state index in [1.165, 1.54) is 5.56 Å². The van der Waals surface area contributed by atoms with Crippen LogP contribution in [0, 0.1) is 0 Å². The number of carbonyl (C=O) groups is 1. The van der Waals surface area contributed by atoms with Crippen LogP contribution in [0.3, 0.4) is 0 Å². The topological polar surface area (TPSA) is 29.1 Å². The molecule has 84 valence electrons. The van der Waals surface area contributed by atoms with Crippen LogP contribution in [0.5, 0.6) is 0 Å². The molecular weight excluding hydrogens is 198 g/mol. The Balaban J connectivity index is 2.26. The highest BCUT2D eigenvalue weighted by molar-refractivity contribution is 5.99. The number of Topliss-reactive ketones (excluding diaryl/α,β-unsaturated/α-hetero) is 1. The molecule has 1 aliphatic rings. The van der Waals surface area contributed by atoms with Gasteiger partial charge in [-0.05, 0) is 30.9 Å². The summed E-state index contributed by atoms with van der Waals surface area (Å²) in [4.78, 5) is 12.0. The van der Waals surface area contributed by atoms with Crippen LogP contribution in [0.4, 0.5) is 5.69 Å². The third kappa shape index (κ3) is 2.16. The van der Waals surface area contributed by atoms with Gasteiger partial charge in [-0.1, -0.05) is 18.2 Å². The van der Waals surface area contributed by atoms with E-state index < -0.39 is 0 Å². The van der Waals surface area contributed by atoms with Crippen LogP contribution in [0.15, 0.2) is 30.9 Å². The van der Waals surface area contributed by atoms with Gasteiger partial charge in [0.1, 0.15) is 0 Å². The molecule has 16 heavy (non-hydrogen) atoms. The number of fused-ring (bicyclic) bond motifs is 1. The second-order valence-corrected chi connectivity index (χ2v) is 4.11. The molecule has 1 aromatic carbocycles. The van der Waals surface area contributed by atoms with Gasteiger partial charge in [0.15, 0.2) is 5.78 Å². The molecule has 0 aliphatic carbocycles. The first-order valence-electron chi connectivity index (χ1n) is 5.83. The number of hydrogen-bond donors (Lipinski definition) is 1. The highest BCUT2D eigenvalue weighted by Crippen LogP contribution is 2.26. The molecule has 0 spiro atoms. The Bertz CT molecular complexity index is 409. The van der Waals surface area contributed by atoms with Crippen LogP contribution in [-0.2, 0) is 6.42 Å². The molecule has 2 heteroatoms. The lowest BCUT2D eigenvalue weighted by molar-refractivity contribution is 0.0983. The monoisotopic (exact) mass is 215 g/mol. The van der Waals surface area contributed by atoms with E-state index in [0.29, 0.717) is 6.42 Å². The lowest BCUT2D eigenvalue weighted by Gasteiger charge is -2.20. The van der Waals surface area contributed by atoms with Crippen molar-refractivity contribution >= 4 is 11.5 Å². The number of ketones is 1. The molecule has 2 nitrogen and oxygen atoms in total. The minimum Gasteiger partial charge on any atom is -0.385 e. The van der Waals surface area contributed by atoms with Crippen molar-refractivity contribution in [3.05, 3.63) is 42.0 Å². The first-order valence-corrected chi connectivity index (χ1v) is 5.83. The van der Waals surface area contributed by atoms with Crippen LogP contribution in [0.2, 0.25) is 0 Å². The van der Waals surface area contributed by atoms with Crippen molar-refractivity contribution in [1.82, 2.24) is 0 Å². The average molecular weight is 215 g/mol. The van der Waals surface area contributed by atoms with E-state index in [-0.39, 0.29) is 5.78 Å². The van der Waals surface area contributed by atoms with Gasteiger partial charge in [-0.3, -0.25) is 4.79 Å². The van der Waals surface area contributed by atoms with Gasteiger partial charge in [0.25, 0.3) is 0 Å². The Morgan fingerprint density at radius 1 is 1.50 bits per heavy atom. The number of carbonyl (C=O) groups excluding carboxylic acids is 1. The molecule has 1 aliphatic heterocycles. The van der Waals surface area contributed by atoms with Gasteiger partial charge >= 0.3 is 0 Å². The molecule has 1 heterocycles. The predicted molar refractivity (Wildman–Crippen MR) is 67.0 cm³/mol. The molecule has 0 aromatic heterocycles. The zero-order valence-electron chi connectivity index (χ0n) is 9.46. The Morgan fingerprint density at radius 2 is 2.38 bits per heavy atom. The summed E-state index contributed by atoms with van der Waals surface area (Å²) in [6.45, 7) is 4.66. The normalized spacial score (nSPS) is 13.8. The van der Waals surface area contributed by atoms with E-state index in [4.69, 9.17) is 0 Å². The fourth-order valence-electron chi connectivity index (χ4n) is 2.14. The number of nitrogens with one attached hydrogen (secondary N) is 1. The Kier molecular flexibility index (Phi) is 3.40. The number of anilines is 1. The summed E-state index contributed by atoms with van der Waals surface area (Å²) in [5, 5.41) is 3.34. The van der Waals surface area contributed by atoms with Gasteiger partial charge < -0.3 is 5.32 Å². The highest BCUT2D eigenvalue weighted by Gasteiger charge is 2.16. The largest absolute Gasteiger partial charge is 0.385 e. The predicted octanol–water partition coefficient (Wildman–Crippen LogP) is 3.19. The zero-order chi connectivity index (χ0) is 11.4. The fraction of sp³-hybridized carbons (Fsp3) is 0.357. The van der Waals surface area contributed by atoms with Crippen molar-refractivity contribution in [3.8, 4) is 0 Å². The molecule has 0 fully saturated rings. The summed E-state index contributed by atoms with van der Waals surface area (Å²) in [6.07, 6.45) is 5.25. The maximum Gasteiger partial charge on any atom is 0.163 e. The molecule has 0 amide bonds. The molecule has 1 aromatic rings. The maximum absolute atomic E-state index is 12.0. The molecule has 0 unspecified atom stereocenters. The van der Waals surface area contributed by atoms with Gasteiger partial charge in [-0.2, -0.15) is 0 Å². The molecule has 1 N–H and O–H groups in total. The van der Waals surface area contributed by atoms with Crippen molar-refractivity contribution < 1.29 is 4.79 Å². The van der Waals surface area contributed by atoms with E-state index in [2.05, 4.69) is 18.0 Å². The van der Waals surface area contributed by atoms with Crippen LogP contribution >= 0.6 is 0 Å². The molecule has 0 bridgehead atoms. The third-order valence-electron chi connectivity index (χ3n) is 2.97. The van der Waals surface area contributed by atoms with Crippen LogP contribution in [0.1, 0.15) is 35.2 Å². The quantitative estimate of drug-likeness (QED) is 0.617. The van der Waals surface area contributed by atoms with E-state index >= 15 is 0 Å². The Hall–Kier alpha value is -1.57. The van der Waals surface area contributed by atoms with Gasteiger partial charge in [-0.15, -0.1) is 6.58 Å². The summed E-state index contributed by atoms with van der Waals surface area (Å²) in [5.74, 6) is 0.237. The molecular formula is C14H17NO. The van der Waals surface area contributed by atoms with Crippen molar-refractivity contribution in [2.24, 2.45) is 0 Å². The van der Waals surface area contributed by atoms with E-state index in [1.54, 1.807) is 6.08 Å². The molecule has 0 atom stereocenters. The van der Waals surface area contributed by atoms with E-state index in [1.807, 2.05) is 12.1 Å². The zero-order valence-corrected chi connectivity index (χ0v) is 9.46. The summed E-state index contributed by atoms with van der Waals surface area (Å²) in [5.41, 5.74) is 3.23. The smallest absolute Gasteiger partial charge is 0.163 e. The van der Waals surface area contributed by atoms with Crippen LogP contribution < -0.4 is 5.32 Å². The standard InChI is InChI=1S/C14H17NO/c1-2-3-9-14(16)12-6-4-8-13-11(12)7-5-10-15-13/h2,4,6,8,15H,1,3,5,7,9-10H2. The number of benzene rings is 1. The second-order valence-electron chi connectivity index (χ2n) is 4.11. The number of hydrogen-bond acceptors (Lipinski definition) is 2. The molecule has 0 saturated heterocycles. The first-order chi connectivity index (χ1) is 7.83. The van der Waals surface area contributed by atoms with Crippen molar-refractivity contribution in [2.75, 3.05) is 11.9 Å². The lowest BCUT2D eigenvalue weighted by Crippen LogP contribution is -2.15. The van der Waals surface area contributed by atoms with Crippen molar-refractivity contribution in [1.29, 1.82) is 0 Å². The summed E-state index contributed by atoms with van der Waals surface area (Å²) >= 11 is 0. The SMILES string of the molecule is C=CCCC(=O)c1cccc2c1CCCN2. The van der Waals surface area contributed by atoms with Gasteiger partial charge in [0, 0.05) is 24.2 Å². The Labute approximate surface area is 96.4 Å². The van der Waals surface area contributed by atoms with Crippen molar-refractivity contribution in [3.63, 3.8) is 0 Å². The fourth-order valence-corrected chi connectivity index (χ4v) is 2.14. The van der Waals surface area contributed by atoms with Crippen molar-refractivity contribution in [2.45, 2.75) is 25.7 Å². The summed E-state index contributed by atoms with van der Waals surface area (Å²) < 4.78 is 0. The minimum atomic E-state index is 0.237. The van der Waals surface area contributed by atoms with E-state index in [0.717, 1.165) is 37.1 Å². The minimum absolute atomic E-state index is 0.237. The molecule has 0 saturated carbocycles. The summed E-state index contributed by atoms with van der Waals surface area (Å²) in [6, 6.07) is 5.95. The maximum atomic E-state index is 12.0. The van der Waals surface area contributed by atoms with Gasteiger partial charge in [-0.25, -0.2) is 0 Å². The average Bonchev–Trinajstić information content (AvgIpc) is 2.35. The van der Waals surface area contributed by atoms with Crippen LogP contribution in [0.25, 0.3) is 0 Å². The number of allylic oxidation sites excluding steroid dienone is 1. The molecule has 0 radical (unpaired) electrons. The Morgan fingerprint density at radius 3 is 3.19 bits per heavy atom. The second kappa shape index (κ2) is 4.97. The van der Waals surface area contributed by atoms with Gasteiger partial charge in [0.05, 0.1) is 0 Å².